The van der Waals surface area contributed by atoms with E-state index < -0.39 is 0 Å². The number of hydrogen-bond donors (Lipinski definition) is 0. The minimum atomic E-state index is 0.718. The largest absolute Gasteiger partial charge is 0.218 e. The van der Waals surface area contributed by atoms with E-state index in [-0.39, 0.29) is 0 Å². The molecule has 5 rings (SSSR count). The predicted octanol–water partition coefficient (Wildman–Crippen LogP) is 7.60. The third kappa shape index (κ3) is 4.05. The molecule has 0 aliphatic rings. The van der Waals surface area contributed by atoms with Crippen LogP contribution in [0.1, 0.15) is 11.1 Å². The summed E-state index contributed by atoms with van der Waals surface area (Å²) in [6.07, 6.45) is 0. The number of rotatable bonds is 4. The molecule has 0 aliphatic heterocycles. The molecule has 31 heavy (non-hydrogen) atoms. The third-order valence-electron chi connectivity index (χ3n) is 5.15. The fourth-order valence-corrected chi connectivity index (χ4v) is 4.52. The topological polar surface area (TPSA) is 30.7 Å². The maximum absolute atomic E-state index is 6.04. The van der Waals surface area contributed by atoms with Gasteiger partial charge in [0.2, 0.25) is 5.13 Å². The van der Waals surface area contributed by atoms with Gasteiger partial charge in [-0.3, -0.25) is 0 Å². The molecule has 5 aromatic rings. The zero-order valence-corrected chi connectivity index (χ0v) is 18.8. The average molecular weight is 442 g/mol. The number of hydrogen-bond acceptors (Lipinski definition) is 3. The Hall–Kier alpha value is -3.21. The number of aryl methyl sites for hydroxylation is 2. The SMILES string of the molecule is Cc1cccc(-c2cc(-c3cccc(C)c3)n(-c3nc(-c4ccc(Cl)cc4)cs3)n2)c1. The summed E-state index contributed by atoms with van der Waals surface area (Å²) in [4.78, 5) is 4.89. The summed E-state index contributed by atoms with van der Waals surface area (Å²) < 4.78 is 1.95. The van der Waals surface area contributed by atoms with Crippen molar-refractivity contribution in [3.05, 3.63) is 100 Å². The highest BCUT2D eigenvalue weighted by atomic mass is 35.5. The summed E-state index contributed by atoms with van der Waals surface area (Å²) in [6, 6.07) is 26.8. The van der Waals surface area contributed by atoms with Crippen molar-refractivity contribution in [2.75, 3.05) is 0 Å². The van der Waals surface area contributed by atoms with Gasteiger partial charge in [-0.25, -0.2) is 9.67 Å². The van der Waals surface area contributed by atoms with E-state index in [0.717, 1.165) is 43.9 Å². The van der Waals surface area contributed by atoms with E-state index in [9.17, 15) is 0 Å². The summed E-state index contributed by atoms with van der Waals surface area (Å²) in [5.41, 5.74) is 8.55. The van der Waals surface area contributed by atoms with Crippen molar-refractivity contribution in [1.82, 2.24) is 14.8 Å². The van der Waals surface area contributed by atoms with Crippen molar-refractivity contribution in [2.24, 2.45) is 0 Å². The summed E-state index contributed by atoms with van der Waals surface area (Å²) in [5.74, 6) is 0. The van der Waals surface area contributed by atoms with Crippen molar-refractivity contribution < 1.29 is 0 Å². The lowest BCUT2D eigenvalue weighted by Crippen LogP contribution is -1.99. The molecule has 0 aliphatic carbocycles. The molecule has 0 spiro atoms. The van der Waals surface area contributed by atoms with Crippen LogP contribution in [0.3, 0.4) is 0 Å². The second kappa shape index (κ2) is 8.14. The van der Waals surface area contributed by atoms with Crippen LogP contribution in [0.5, 0.6) is 0 Å². The minimum Gasteiger partial charge on any atom is -0.218 e. The monoisotopic (exact) mass is 441 g/mol. The number of thiazole rings is 1. The van der Waals surface area contributed by atoms with Crippen molar-refractivity contribution in [2.45, 2.75) is 13.8 Å². The molecule has 0 saturated carbocycles. The summed E-state index contributed by atoms with van der Waals surface area (Å²) in [6.45, 7) is 4.20. The van der Waals surface area contributed by atoms with Crippen molar-refractivity contribution in [3.8, 4) is 38.9 Å². The van der Waals surface area contributed by atoms with Gasteiger partial charge in [0.1, 0.15) is 0 Å². The Morgan fingerprint density at radius 1 is 0.742 bits per heavy atom. The number of aromatic nitrogens is 3. The predicted molar refractivity (Wildman–Crippen MR) is 130 cm³/mol. The molecule has 2 aromatic heterocycles. The van der Waals surface area contributed by atoms with Crippen LogP contribution < -0.4 is 0 Å². The molecule has 3 aromatic carbocycles. The maximum Gasteiger partial charge on any atom is 0.211 e. The quantitative estimate of drug-likeness (QED) is 0.287. The standard InChI is InChI=1S/C26H20ClN3S/c1-17-5-3-7-20(13-17)23-15-25(21-8-4-6-18(2)14-21)30(29-23)26-28-24(16-31-26)19-9-11-22(27)12-10-19/h3-16H,1-2H3. The van der Waals surface area contributed by atoms with Crippen LogP contribution in [0.4, 0.5) is 0 Å². The molecule has 0 radical (unpaired) electrons. The van der Waals surface area contributed by atoms with Gasteiger partial charge in [0.15, 0.2) is 0 Å². The van der Waals surface area contributed by atoms with E-state index in [1.807, 2.05) is 28.9 Å². The summed E-state index contributed by atoms with van der Waals surface area (Å²) >= 11 is 7.62. The van der Waals surface area contributed by atoms with Gasteiger partial charge in [0.05, 0.1) is 17.1 Å². The van der Waals surface area contributed by atoms with Gasteiger partial charge in [-0.1, -0.05) is 71.3 Å². The zero-order chi connectivity index (χ0) is 21.4. The van der Waals surface area contributed by atoms with Crippen LogP contribution in [0, 0.1) is 13.8 Å². The van der Waals surface area contributed by atoms with Crippen molar-refractivity contribution >= 4 is 22.9 Å². The fraction of sp³-hybridized carbons (Fsp3) is 0.0769. The molecule has 0 unspecified atom stereocenters. The Morgan fingerprint density at radius 2 is 1.42 bits per heavy atom. The van der Waals surface area contributed by atoms with Gasteiger partial charge in [-0.2, -0.15) is 5.10 Å². The van der Waals surface area contributed by atoms with E-state index in [2.05, 4.69) is 73.8 Å². The molecule has 152 valence electrons. The number of benzene rings is 3. The van der Waals surface area contributed by atoms with Crippen LogP contribution in [0.25, 0.3) is 38.9 Å². The van der Waals surface area contributed by atoms with Crippen LogP contribution >= 0.6 is 22.9 Å². The Morgan fingerprint density at radius 3 is 2.13 bits per heavy atom. The lowest BCUT2D eigenvalue weighted by Gasteiger charge is -2.05. The Balaban J connectivity index is 1.64. The first kappa shape index (κ1) is 19.7. The minimum absolute atomic E-state index is 0.718. The Kier molecular flexibility index (Phi) is 5.18. The first-order chi connectivity index (χ1) is 15.1. The molecular weight excluding hydrogens is 422 g/mol. The smallest absolute Gasteiger partial charge is 0.211 e. The lowest BCUT2D eigenvalue weighted by molar-refractivity contribution is 0.881. The van der Waals surface area contributed by atoms with E-state index >= 15 is 0 Å². The highest BCUT2D eigenvalue weighted by Gasteiger charge is 2.16. The zero-order valence-electron chi connectivity index (χ0n) is 17.2. The van der Waals surface area contributed by atoms with Crippen LogP contribution in [-0.4, -0.2) is 14.8 Å². The average Bonchev–Trinajstić information content (AvgIpc) is 3.42. The van der Waals surface area contributed by atoms with Gasteiger partial charge < -0.3 is 0 Å². The molecule has 0 amide bonds. The maximum atomic E-state index is 6.04. The molecule has 0 fully saturated rings. The van der Waals surface area contributed by atoms with Crippen LogP contribution in [0.15, 0.2) is 84.2 Å². The summed E-state index contributed by atoms with van der Waals surface area (Å²) in [7, 11) is 0. The molecule has 0 atom stereocenters. The summed E-state index contributed by atoms with van der Waals surface area (Å²) in [5, 5.41) is 8.58. The number of halogens is 1. The highest BCUT2D eigenvalue weighted by molar-refractivity contribution is 7.12. The van der Waals surface area contributed by atoms with Crippen LogP contribution in [-0.2, 0) is 0 Å². The first-order valence-electron chi connectivity index (χ1n) is 10.0. The second-order valence-corrected chi connectivity index (χ2v) is 8.86. The van der Waals surface area contributed by atoms with Gasteiger partial charge in [-0.15, -0.1) is 11.3 Å². The molecule has 0 bridgehead atoms. The van der Waals surface area contributed by atoms with Gasteiger partial charge in [0, 0.05) is 27.1 Å². The molecule has 0 saturated heterocycles. The van der Waals surface area contributed by atoms with Gasteiger partial charge in [0.25, 0.3) is 0 Å². The Labute approximate surface area is 190 Å². The Bertz CT molecular complexity index is 1370. The molecule has 0 N–H and O–H groups in total. The molecule has 2 heterocycles. The lowest BCUT2D eigenvalue weighted by atomic mass is 10.1. The fourth-order valence-electron chi connectivity index (χ4n) is 3.60. The second-order valence-electron chi connectivity index (χ2n) is 7.59. The molecule has 3 nitrogen and oxygen atoms in total. The van der Waals surface area contributed by atoms with Gasteiger partial charge in [-0.05, 0) is 44.2 Å². The van der Waals surface area contributed by atoms with Crippen molar-refractivity contribution in [1.29, 1.82) is 0 Å². The van der Waals surface area contributed by atoms with E-state index in [4.69, 9.17) is 21.7 Å². The normalized spacial score (nSPS) is 11.1. The highest BCUT2D eigenvalue weighted by Crippen LogP contribution is 2.32. The van der Waals surface area contributed by atoms with Crippen LogP contribution in [0.2, 0.25) is 5.02 Å². The number of nitrogens with zero attached hydrogens (tertiary/aromatic N) is 3. The molecule has 5 heteroatoms. The first-order valence-corrected chi connectivity index (χ1v) is 11.3. The third-order valence-corrected chi connectivity index (χ3v) is 6.22. The van der Waals surface area contributed by atoms with Crippen molar-refractivity contribution in [3.63, 3.8) is 0 Å². The van der Waals surface area contributed by atoms with E-state index in [1.54, 1.807) is 11.3 Å². The van der Waals surface area contributed by atoms with E-state index in [1.165, 1.54) is 11.1 Å². The van der Waals surface area contributed by atoms with E-state index in [0.29, 0.717) is 0 Å². The van der Waals surface area contributed by atoms with Gasteiger partial charge >= 0.3 is 0 Å². The molecular formula is C26H20ClN3S.